The Hall–Kier alpha value is -2.77. The van der Waals surface area contributed by atoms with Gasteiger partial charge in [-0.1, -0.05) is 0 Å². The van der Waals surface area contributed by atoms with Crippen molar-refractivity contribution in [2.45, 2.75) is 6.18 Å². The smallest absolute Gasteiger partial charge is 0.449 e. The largest absolute Gasteiger partial charge is 0.511 e. The van der Waals surface area contributed by atoms with Crippen LogP contribution in [0.5, 0.6) is 17.4 Å². The van der Waals surface area contributed by atoms with Gasteiger partial charge in [0.1, 0.15) is 11.5 Å². The molecular weight excluding hydrogens is 291 g/mol. The molecule has 1 heterocycles. The number of carbonyl (C=O) groups is 1. The van der Waals surface area contributed by atoms with E-state index >= 15 is 0 Å². The first-order valence-electron chi connectivity index (χ1n) is 5.56. The van der Waals surface area contributed by atoms with E-state index in [1.54, 1.807) is 0 Å². The number of alkyl halides is 3. The molecule has 1 aromatic carbocycles. The van der Waals surface area contributed by atoms with E-state index in [1.165, 1.54) is 24.3 Å². The lowest BCUT2D eigenvalue weighted by Gasteiger charge is -2.08. The molecule has 0 amide bonds. The van der Waals surface area contributed by atoms with Crippen molar-refractivity contribution < 1.29 is 32.5 Å². The summed E-state index contributed by atoms with van der Waals surface area (Å²) in [4.78, 5) is 13.8. The summed E-state index contributed by atoms with van der Waals surface area (Å²) < 4.78 is 46.7. The van der Waals surface area contributed by atoms with Gasteiger partial charge in [-0.05, 0) is 30.3 Å². The van der Waals surface area contributed by atoms with E-state index in [9.17, 15) is 18.0 Å². The van der Waals surface area contributed by atoms with Crippen LogP contribution in [0.25, 0.3) is 0 Å². The zero-order valence-electron chi connectivity index (χ0n) is 10.3. The van der Waals surface area contributed by atoms with E-state index in [0.717, 1.165) is 12.1 Å². The van der Waals surface area contributed by atoms with Crippen LogP contribution in [0.2, 0.25) is 0 Å². The Morgan fingerprint density at radius 2 is 1.67 bits per heavy atom. The average molecular weight is 299 g/mol. The number of benzene rings is 1. The van der Waals surface area contributed by atoms with Crippen molar-refractivity contribution in [1.82, 2.24) is 4.98 Å². The Kier molecular flexibility index (Phi) is 3.97. The van der Waals surface area contributed by atoms with Gasteiger partial charge in [0.25, 0.3) is 0 Å². The van der Waals surface area contributed by atoms with Gasteiger partial charge in [0, 0.05) is 12.3 Å². The summed E-state index contributed by atoms with van der Waals surface area (Å²) in [5.74, 6) is 0.352. The minimum Gasteiger partial charge on any atom is -0.449 e. The topological polar surface area (TPSA) is 68.7 Å². The molecule has 2 aromatic rings. The molecule has 1 aromatic heterocycles. The van der Waals surface area contributed by atoms with Crippen molar-refractivity contribution in [2.75, 3.05) is 0 Å². The Labute approximate surface area is 116 Å². The first-order chi connectivity index (χ1) is 9.84. The van der Waals surface area contributed by atoms with Crippen LogP contribution < -0.4 is 9.47 Å². The number of halogens is 3. The number of rotatable bonds is 3. The molecule has 21 heavy (non-hydrogen) atoms. The summed E-state index contributed by atoms with van der Waals surface area (Å²) in [6.45, 7) is 0. The van der Waals surface area contributed by atoms with Crippen molar-refractivity contribution in [3.8, 4) is 17.4 Å². The van der Waals surface area contributed by atoms with Gasteiger partial charge < -0.3 is 14.6 Å². The zero-order valence-corrected chi connectivity index (χ0v) is 10.3. The Bertz CT molecular complexity index is 623. The summed E-state index contributed by atoms with van der Waals surface area (Å²) in [6, 6.07) is 7.42. The van der Waals surface area contributed by atoms with Crippen LogP contribution in [0.15, 0.2) is 42.6 Å². The molecule has 2 rings (SSSR count). The van der Waals surface area contributed by atoms with Crippen LogP contribution in [-0.2, 0) is 6.18 Å². The van der Waals surface area contributed by atoms with Crippen molar-refractivity contribution >= 4 is 6.16 Å². The van der Waals surface area contributed by atoms with Gasteiger partial charge in [-0.3, -0.25) is 0 Å². The normalized spacial score (nSPS) is 11.0. The van der Waals surface area contributed by atoms with E-state index in [2.05, 4.69) is 9.72 Å². The third kappa shape index (κ3) is 4.10. The molecule has 0 aliphatic heterocycles. The van der Waals surface area contributed by atoms with Crippen LogP contribution >= 0.6 is 0 Å². The lowest BCUT2D eigenvalue weighted by Crippen LogP contribution is -2.05. The number of hydrogen-bond acceptors (Lipinski definition) is 4. The van der Waals surface area contributed by atoms with Crippen molar-refractivity contribution in [3.63, 3.8) is 0 Å². The van der Waals surface area contributed by atoms with E-state index in [-0.39, 0.29) is 17.4 Å². The van der Waals surface area contributed by atoms with Crippen molar-refractivity contribution in [2.24, 2.45) is 0 Å². The third-order valence-corrected chi connectivity index (χ3v) is 2.31. The molecule has 0 aliphatic carbocycles. The summed E-state index contributed by atoms with van der Waals surface area (Å²) >= 11 is 0. The number of pyridine rings is 1. The Balaban J connectivity index is 2.06. The van der Waals surface area contributed by atoms with Crippen LogP contribution in [-0.4, -0.2) is 16.2 Å². The standard InChI is InChI=1S/C13H8F3NO4/c14-13(15,16)8-1-6-11(17-7-8)20-9-2-4-10(5-3-9)21-12(18)19/h1-7H,(H,18,19). The molecule has 0 saturated heterocycles. The second-order valence-electron chi connectivity index (χ2n) is 3.82. The monoisotopic (exact) mass is 299 g/mol. The van der Waals surface area contributed by atoms with E-state index in [0.29, 0.717) is 6.20 Å². The highest BCUT2D eigenvalue weighted by Gasteiger charge is 2.30. The molecule has 1 N–H and O–H groups in total. The molecule has 8 heteroatoms. The van der Waals surface area contributed by atoms with Crippen LogP contribution in [0, 0.1) is 0 Å². The molecule has 0 aliphatic rings. The van der Waals surface area contributed by atoms with Crippen molar-refractivity contribution in [1.29, 1.82) is 0 Å². The molecule has 0 saturated carbocycles. The summed E-state index contributed by atoms with van der Waals surface area (Å²) in [6.07, 6.45) is -5.24. The van der Waals surface area contributed by atoms with E-state index < -0.39 is 17.9 Å². The Morgan fingerprint density at radius 1 is 1.05 bits per heavy atom. The fourth-order valence-corrected chi connectivity index (χ4v) is 1.41. The molecule has 0 bridgehead atoms. The van der Waals surface area contributed by atoms with Crippen molar-refractivity contribution in [3.05, 3.63) is 48.2 Å². The maximum Gasteiger partial charge on any atom is 0.511 e. The second kappa shape index (κ2) is 5.70. The minimum absolute atomic E-state index is 0.0186. The maximum atomic E-state index is 12.4. The first kappa shape index (κ1) is 14.6. The van der Waals surface area contributed by atoms with Crippen LogP contribution in [0.4, 0.5) is 18.0 Å². The van der Waals surface area contributed by atoms with Gasteiger partial charge in [-0.25, -0.2) is 9.78 Å². The quantitative estimate of drug-likeness (QED) is 0.686. The average Bonchev–Trinajstić information content (AvgIpc) is 2.40. The molecule has 0 radical (unpaired) electrons. The Morgan fingerprint density at radius 3 is 2.14 bits per heavy atom. The molecule has 0 unspecified atom stereocenters. The molecule has 110 valence electrons. The van der Waals surface area contributed by atoms with Gasteiger partial charge in [-0.15, -0.1) is 0 Å². The second-order valence-corrected chi connectivity index (χ2v) is 3.82. The first-order valence-corrected chi connectivity index (χ1v) is 5.56. The summed E-state index contributed by atoms with van der Waals surface area (Å²) in [5.41, 5.74) is -0.875. The third-order valence-electron chi connectivity index (χ3n) is 2.31. The number of aromatic nitrogens is 1. The fraction of sp³-hybridized carbons (Fsp3) is 0.0769. The molecule has 0 fully saturated rings. The predicted octanol–water partition coefficient (Wildman–Crippen LogP) is 3.95. The molecular formula is C13H8F3NO4. The summed E-state index contributed by atoms with van der Waals surface area (Å²) in [7, 11) is 0. The highest BCUT2D eigenvalue weighted by Crippen LogP contribution is 2.30. The maximum absolute atomic E-state index is 12.4. The van der Waals surface area contributed by atoms with Gasteiger partial charge >= 0.3 is 12.3 Å². The van der Waals surface area contributed by atoms with Gasteiger partial charge in [-0.2, -0.15) is 13.2 Å². The highest BCUT2D eigenvalue weighted by atomic mass is 19.4. The fourth-order valence-electron chi connectivity index (χ4n) is 1.41. The van der Waals surface area contributed by atoms with E-state index in [4.69, 9.17) is 9.84 Å². The highest BCUT2D eigenvalue weighted by molar-refractivity contribution is 5.61. The van der Waals surface area contributed by atoms with Gasteiger partial charge in [0.15, 0.2) is 0 Å². The van der Waals surface area contributed by atoms with E-state index in [1.807, 2.05) is 0 Å². The number of hydrogen-bond donors (Lipinski definition) is 1. The van der Waals surface area contributed by atoms with Gasteiger partial charge in [0.05, 0.1) is 5.56 Å². The lowest BCUT2D eigenvalue weighted by molar-refractivity contribution is -0.137. The minimum atomic E-state index is -4.46. The number of ether oxygens (including phenoxy) is 2. The molecule has 5 nitrogen and oxygen atoms in total. The summed E-state index contributed by atoms with van der Waals surface area (Å²) in [5, 5.41) is 8.41. The molecule has 0 atom stereocenters. The zero-order chi connectivity index (χ0) is 15.5. The van der Waals surface area contributed by atoms with Gasteiger partial charge in [0.2, 0.25) is 5.88 Å². The molecule has 0 spiro atoms. The number of nitrogens with zero attached hydrogens (tertiary/aromatic N) is 1. The van der Waals surface area contributed by atoms with Crippen LogP contribution in [0.3, 0.4) is 0 Å². The van der Waals surface area contributed by atoms with Crippen LogP contribution in [0.1, 0.15) is 5.56 Å². The lowest BCUT2D eigenvalue weighted by atomic mass is 10.3. The SMILES string of the molecule is O=C(O)Oc1ccc(Oc2ccc(C(F)(F)F)cn2)cc1. The number of carboxylic acid groups (broad SMARTS) is 1. The predicted molar refractivity (Wildman–Crippen MR) is 64.4 cm³/mol.